The molecule has 0 amide bonds. The van der Waals surface area contributed by atoms with Crippen LogP contribution >= 0.6 is 0 Å². The van der Waals surface area contributed by atoms with Gasteiger partial charge in [0.05, 0.1) is 11.3 Å². The summed E-state index contributed by atoms with van der Waals surface area (Å²) in [6, 6.07) is 1.99. The number of anilines is 1. The van der Waals surface area contributed by atoms with Crippen LogP contribution in [0.3, 0.4) is 0 Å². The van der Waals surface area contributed by atoms with Gasteiger partial charge in [-0.2, -0.15) is 0 Å². The molecule has 0 radical (unpaired) electrons. The third-order valence-electron chi connectivity index (χ3n) is 6.46. The Morgan fingerprint density at radius 3 is 2.73 bits per heavy atom. The minimum atomic E-state index is -0.528. The molecule has 3 aromatic heterocycles. The van der Waals surface area contributed by atoms with Gasteiger partial charge < -0.3 is 19.8 Å². The van der Waals surface area contributed by atoms with Gasteiger partial charge in [0.2, 0.25) is 6.39 Å². The van der Waals surface area contributed by atoms with Gasteiger partial charge in [-0.3, -0.25) is 0 Å². The molecule has 0 spiro atoms. The van der Waals surface area contributed by atoms with Crippen LogP contribution in [0.25, 0.3) is 22.6 Å². The standard InChI is InChI=1S/C18H20N6O2/c25-18-6-10-3-11(7-18)5-17(4-10,8-18)21-13-12-1-2-19-15(12)23-22-14(13)16-24-20-9-26-16/h1-2,9-11,25H,3-8H2,(H2,19,21,23)/t10-,11+,17+,18?. The highest BCUT2D eigenvalue weighted by atomic mass is 16.4. The van der Waals surface area contributed by atoms with Gasteiger partial charge in [-0.25, -0.2) is 0 Å². The summed E-state index contributed by atoms with van der Waals surface area (Å²) in [6.07, 6.45) is 9.24. The van der Waals surface area contributed by atoms with Gasteiger partial charge in [0.25, 0.3) is 5.89 Å². The summed E-state index contributed by atoms with van der Waals surface area (Å²) in [5.74, 6) is 1.54. The molecule has 8 nitrogen and oxygen atoms in total. The van der Waals surface area contributed by atoms with Crippen molar-refractivity contribution in [2.45, 2.75) is 49.7 Å². The molecule has 4 bridgehead atoms. The molecule has 3 N–H and O–H groups in total. The molecule has 134 valence electrons. The number of nitrogens with zero attached hydrogens (tertiary/aromatic N) is 4. The van der Waals surface area contributed by atoms with Crippen LogP contribution in [0, 0.1) is 11.8 Å². The molecule has 8 heteroatoms. The zero-order valence-electron chi connectivity index (χ0n) is 14.3. The Bertz CT molecular complexity index is 967. The molecule has 7 rings (SSSR count). The lowest BCUT2D eigenvalue weighted by atomic mass is 9.51. The zero-order chi connectivity index (χ0) is 17.4. The second-order valence-corrected chi connectivity index (χ2v) is 8.50. The number of hydrogen-bond donors (Lipinski definition) is 3. The predicted molar refractivity (Wildman–Crippen MR) is 93.2 cm³/mol. The number of rotatable bonds is 3. The third kappa shape index (κ3) is 2.05. The van der Waals surface area contributed by atoms with Gasteiger partial charge in [-0.15, -0.1) is 20.4 Å². The van der Waals surface area contributed by atoms with Crippen molar-refractivity contribution in [3.05, 3.63) is 18.7 Å². The average molecular weight is 352 g/mol. The van der Waals surface area contributed by atoms with Crippen molar-refractivity contribution in [2.24, 2.45) is 11.8 Å². The molecule has 1 unspecified atom stereocenters. The van der Waals surface area contributed by atoms with Gasteiger partial charge >= 0.3 is 0 Å². The SMILES string of the molecule is OC12C[C@H]3C[C@@H](C1)C[C@](Nc1c(-c4nnco4)nnc4[nH]ccc14)(C3)C2. The molecule has 4 fully saturated rings. The van der Waals surface area contributed by atoms with Gasteiger partial charge in [0.15, 0.2) is 11.3 Å². The summed E-state index contributed by atoms with van der Waals surface area (Å²) in [5, 5.41) is 32.2. The molecular formula is C18H20N6O2. The van der Waals surface area contributed by atoms with E-state index in [1.165, 1.54) is 12.8 Å². The maximum absolute atomic E-state index is 11.1. The van der Waals surface area contributed by atoms with E-state index in [0.29, 0.717) is 23.4 Å². The number of H-pyrrole nitrogens is 1. The van der Waals surface area contributed by atoms with Crippen molar-refractivity contribution in [1.82, 2.24) is 25.4 Å². The van der Waals surface area contributed by atoms with E-state index in [2.05, 4.69) is 30.7 Å². The monoisotopic (exact) mass is 352 g/mol. The summed E-state index contributed by atoms with van der Waals surface area (Å²) in [5.41, 5.74) is 1.52. The predicted octanol–water partition coefficient (Wildman–Crippen LogP) is 2.50. The quantitative estimate of drug-likeness (QED) is 0.664. The first-order chi connectivity index (χ1) is 12.6. The fourth-order valence-corrected chi connectivity index (χ4v) is 6.10. The van der Waals surface area contributed by atoms with E-state index in [4.69, 9.17) is 4.42 Å². The summed E-state index contributed by atoms with van der Waals surface area (Å²) < 4.78 is 5.40. The van der Waals surface area contributed by atoms with Gasteiger partial charge in [-0.05, 0) is 56.4 Å². The summed E-state index contributed by atoms with van der Waals surface area (Å²) in [7, 11) is 0. The highest BCUT2D eigenvalue weighted by Crippen LogP contribution is 2.58. The number of fused-ring (bicyclic) bond motifs is 1. The Hall–Kier alpha value is -2.48. The molecule has 26 heavy (non-hydrogen) atoms. The Morgan fingerprint density at radius 2 is 2.00 bits per heavy atom. The van der Waals surface area contributed by atoms with Crippen molar-refractivity contribution in [3.8, 4) is 11.6 Å². The van der Waals surface area contributed by atoms with E-state index in [9.17, 15) is 5.11 Å². The number of nitrogens with one attached hydrogen (secondary N) is 2. The second-order valence-electron chi connectivity index (χ2n) is 8.50. The number of aromatic nitrogens is 5. The van der Waals surface area contributed by atoms with Crippen molar-refractivity contribution < 1.29 is 9.52 Å². The first-order valence-electron chi connectivity index (χ1n) is 9.22. The Kier molecular flexibility index (Phi) is 2.72. The molecule has 4 aliphatic rings. The first kappa shape index (κ1) is 14.7. The van der Waals surface area contributed by atoms with E-state index in [1.807, 2.05) is 12.3 Å². The third-order valence-corrected chi connectivity index (χ3v) is 6.46. The van der Waals surface area contributed by atoms with Gasteiger partial charge in [-0.1, -0.05) is 0 Å². The molecule has 4 atom stereocenters. The fourth-order valence-electron chi connectivity index (χ4n) is 6.10. The number of hydrogen-bond acceptors (Lipinski definition) is 7. The van der Waals surface area contributed by atoms with Crippen molar-refractivity contribution in [3.63, 3.8) is 0 Å². The van der Waals surface area contributed by atoms with Crippen LogP contribution in [-0.2, 0) is 0 Å². The molecule has 0 saturated heterocycles. The maximum Gasteiger partial charge on any atom is 0.270 e. The highest BCUT2D eigenvalue weighted by Gasteiger charge is 2.57. The molecule has 4 saturated carbocycles. The maximum atomic E-state index is 11.1. The molecule has 3 heterocycles. The average Bonchev–Trinajstić information content (AvgIpc) is 3.24. The van der Waals surface area contributed by atoms with Crippen LogP contribution in [0.4, 0.5) is 5.69 Å². The van der Waals surface area contributed by atoms with Crippen LogP contribution in [0.15, 0.2) is 23.1 Å². The van der Waals surface area contributed by atoms with Crippen LogP contribution in [0.5, 0.6) is 0 Å². The Balaban J connectivity index is 1.48. The lowest BCUT2D eigenvalue weighted by molar-refractivity contribution is -0.127. The Morgan fingerprint density at radius 1 is 1.15 bits per heavy atom. The summed E-state index contributed by atoms with van der Waals surface area (Å²) >= 11 is 0. The van der Waals surface area contributed by atoms with E-state index in [-0.39, 0.29) is 5.54 Å². The van der Waals surface area contributed by atoms with Crippen molar-refractivity contribution in [1.29, 1.82) is 0 Å². The largest absolute Gasteiger partial charge is 0.422 e. The highest BCUT2D eigenvalue weighted by molar-refractivity contribution is 5.95. The van der Waals surface area contributed by atoms with Crippen LogP contribution in [-0.4, -0.2) is 41.6 Å². The van der Waals surface area contributed by atoms with E-state index >= 15 is 0 Å². The normalized spacial score (nSPS) is 35.3. The summed E-state index contributed by atoms with van der Waals surface area (Å²) in [4.78, 5) is 3.12. The van der Waals surface area contributed by atoms with Crippen LogP contribution in [0.2, 0.25) is 0 Å². The van der Waals surface area contributed by atoms with Gasteiger partial charge in [0.1, 0.15) is 0 Å². The molecular weight excluding hydrogens is 332 g/mol. The molecule has 0 aromatic carbocycles. The number of aliphatic hydroxyl groups is 1. The van der Waals surface area contributed by atoms with E-state index < -0.39 is 5.60 Å². The summed E-state index contributed by atoms with van der Waals surface area (Å²) in [6.45, 7) is 0. The minimum Gasteiger partial charge on any atom is -0.422 e. The number of aromatic amines is 1. The lowest BCUT2D eigenvalue weighted by Gasteiger charge is -2.60. The Labute approximate surface area is 149 Å². The lowest BCUT2D eigenvalue weighted by Crippen LogP contribution is -2.62. The van der Waals surface area contributed by atoms with Crippen LogP contribution in [0.1, 0.15) is 38.5 Å². The smallest absolute Gasteiger partial charge is 0.270 e. The van der Waals surface area contributed by atoms with E-state index in [0.717, 1.165) is 48.8 Å². The first-order valence-corrected chi connectivity index (χ1v) is 9.22. The van der Waals surface area contributed by atoms with Gasteiger partial charge in [0, 0.05) is 17.1 Å². The zero-order valence-corrected chi connectivity index (χ0v) is 14.3. The molecule has 3 aromatic rings. The minimum absolute atomic E-state index is 0.110. The fraction of sp³-hybridized carbons (Fsp3) is 0.556. The van der Waals surface area contributed by atoms with Crippen LogP contribution < -0.4 is 5.32 Å². The van der Waals surface area contributed by atoms with E-state index in [1.54, 1.807) is 0 Å². The van der Waals surface area contributed by atoms with Crippen molar-refractivity contribution in [2.75, 3.05) is 5.32 Å². The molecule has 0 aliphatic heterocycles. The molecule has 4 aliphatic carbocycles. The van der Waals surface area contributed by atoms with Crippen molar-refractivity contribution >= 4 is 16.7 Å². The topological polar surface area (TPSA) is 113 Å². The second kappa shape index (κ2) is 4.82.